The van der Waals surface area contributed by atoms with Gasteiger partial charge in [0.1, 0.15) is 0 Å². The molecule has 0 bridgehead atoms. The first-order chi connectivity index (χ1) is 8.49. The van der Waals surface area contributed by atoms with Gasteiger partial charge >= 0.3 is 0 Å². The Morgan fingerprint density at radius 2 is 1.56 bits per heavy atom. The Labute approximate surface area is 110 Å². The highest BCUT2D eigenvalue weighted by atomic mass is 32.2. The van der Waals surface area contributed by atoms with Gasteiger partial charge in [0.2, 0.25) is 0 Å². The van der Waals surface area contributed by atoms with Crippen LogP contribution in [0.4, 0.5) is 0 Å². The summed E-state index contributed by atoms with van der Waals surface area (Å²) >= 11 is 0. The molecule has 0 spiro atoms. The number of hydrogen-bond donors (Lipinski definition) is 0. The molecule has 0 atom stereocenters. The summed E-state index contributed by atoms with van der Waals surface area (Å²) in [5.41, 5.74) is 0. The molecule has 0 aliphatic carbocycles. The highest BCUT2D eigenvalue weighted by molar-refractivity contribution is 7.85. The summed E-state index contributed by atoms with van der Waals surface area (Å²) in [6.07, 6.45) is 2.09. The molecule has 6 nitrogen and oxygen atoms in total. The van der Waals surface area contributed by atoms with E-state index < -0.39 is 10.1 Å². The van der Waals surface area contributed by atoms with Crippen LogP contribution in [0, 0.1) is 0 Å². The molecule has 0 aliphatic rings. The Kier molecular flexibility index (Phi) is 10.6. The second-order valence-corrected chi connectivity index (χ2v) is 5.29. The summed E-state index contributed by atoms with van der Waals surface area (Å²) < 4.78 is 41.9. The zero-order valence-corrected chi connectivity index (χ0v) is 12.2. The first kappa shape index (κ1) is 17.8. The van der Waals surface area contributed by atoms with E-state index in [1.807, 2.05) is 13.8 Å². The van der Waals surface area contributed by atoms with Gasteiger partial charge in [-0.15, -0.1) is 0 Å². The van der Waals surface area contributed by atoms with Gasteiger partial charge in [-0.1, -0.05) is 0 Å². The maximum atomic E-state index is 10.7. The van der Waals surface area contributed by atoms with Crippen LogP contribution in [0.15, 0.2) is 0 Å². The minimum Gasteiger partial charge on any atom is -0.376 e. The zero-order valence-electron chi connectivity index (χ0n) is 11.4. The highest BCUT2D eigenvalue weighted by Crippen LogP contribution is 1.99. The van der Waals surface area contributed by atoms with E-state index in [-0.39, 0.29) is 12.9 Å². The summed E-state index contributed by atoms with van der Waals surface area (Å²) in [4.78, 5) is 0. The Hall–Kier alpha value is -0.210. The van der Waals surface area contributed by atoms with E-state index in [1.165, 1.54) is 0 Å². The van der Waals surface area contributed by atoms with E-state index in [4.69, 9.17) is 14.2 Å². The lowest BCUT2D eigenvalue weighted by Gasteiger charge is -2.16. The van der Waals surface area contributed by atoms with Crippen LogP contribution in [0.25, 0.3) is 0 Å². The molecule has 0 saturated heterocycles. The van der Waals surface area contributed by atoms with Crippen molar-refractivity contribution in [3.05, 3.63) is 0 Å². The molecular formula is C11H24O6S. The normalized spacial score (nSPS) is 12.2. The predicted molar refractivity (Wildman–Crippen MR) is 67.9 cm³/mol. The van der Waals surface area contributed by atoms with Crippen LogP contribution >= 0.6 is 0 Å². The van der Waals surface area contributed by atoms with E-state index in [2.05, 4.69) is 4.18 Å². The molecule has 0 heterocycles. The molecule has 0 unspecified atom stereocenters. The third-order valence-corrected chi connectivity index (χ3v) is 2.53. The van der Waals surface area contributed by atoms with Gasteiger partial charge in [-0.05, 0) is 26.7 Å². The van der Waals surface area contributed by atoms with Crippen molar-refractivity contribution in [1.29, 1.82) is 0 Å². The number of hydrogen-bond acceptors (Lipinski definition) is 6. The van der Waals surface area contributed by atoms with E-state index >= 15 is 0 Å². The lowest BCUT2D eigenvalue weighted by atomic mass is 10.3. The monoisotopic (exact) mass is 284 g/mol. The molecule has 0 aromatic carbocycles. The maximum absolute atomic E-state index is 10.7. The van der Waals surface area contributed by atoms with Crippen LogP contribution in [0.2, 0.25) is 0 Å². The van der Waals surface area contributed by atoms with Crippen molar-refractivity contribution in [2.24, 2.45) is 0 Å². The fourth-order valence-corrected chi connectivity index (χ4v) is 1.63. The lowest BCUT2D eigenvalue weighted by Crippen LogP contribution is -2.23. The van der Waals surface area contributed by atoms with Gasteiger partial charge < -0.3 is 14.2 Å². The second kappa shape index (κ2) is 10.7. The van der Waals surface area contributed by atoms with E-state index in [0.717, 1.165) is 12.7 Å². The van der Waals surface area contributed by atoms with Gasteiger partial charge in [0.05, 0.1) is 19.5 Å². The number of unbranched alkanes of at least 4 members (excludes halogenated alkanes) is 1. The second-order valence-electron chi connectivity index (χ2n) is 3.65. The van der Waals surface area contributed by atoms with Crippen molar-refractivity contribution >= 4 is 10.1 Å². The van der Waals surface area contributed by atoms with Gasteiger partial charge in [0.25, 0.3) is 10.1 Å². The molecule has 0 aromatic rings. The standard InChI is InChI=1S/C11H24O6S/c1-4-15-11(16-5-2)10-14-8-6-7-9-17-18(3,12)13/h11H,4-10H2,1-3H3. The minimum absolute atomic E-state index is 0.197. The lowest BCUT2D eigenvalue weighted by molar-refractivity contribution is -0.167. The average Bonchev–Trinajstić information content (AvgIpc) is 2.26. The Bertz CT molecular complexity index is 271. The van der Waals surface area contributed by atoms with Crippen LogP contribution in [0.3, 0.4) is 0 Å². The summed E-state index contributed by atoms with van der Waals surface area (Å²) in [6, 6.07) is 0. The number of rotatable bonds is 12. The summed E-state index contributed by atoms with van der Waals surface area (Å²) in [7, 11) is -3.33. The Morgan fingerprint density at radius 1 is 1.00 bits per heavy atom. The first-order valence-electron chi connectivity index (χ1n) is 6.15. The molecule has 0 rings (SSSR count). The van der Waals surface area contributed by atoms with Gasteiger partial charge in [0, 0.05) is 19.8 Å². The topological polar surface area (TPSA) is 71.1 Å². The predicted octanol–water partition coefficient (Wildman–Crippen LogP) is 1.16. The van der Waals surface area contributed by atoms with Crippen molar-refractivity contribution in [3.8, 4) is 0 Å². The fraction of sp³-hybridized carbons (Fsp3) is 1.00. The van der Waals surface area contributed by atoms with Crippen LogP contribution in [-0.2, 0) is 28.5 Å². The minimum atomic E-state index is -3.33. The van der Waals surface area contributed by atoms with Gasteiger partial charge in [-0.3, -0.25) is 4.18 Å². The smallest absolute Gasteiger partial charge is 0.264 e. The third kappa shape index (κ3) is 12.3. The van der Waals surface area contributed by atoms with Crippen molar-refractivity contribution in [2.75, 3.05) is 39.3 Å². The summed E-state index contributed by atoms with van der Waals surface area (Å²) in [5.74, 6) is 0. The van der Waals surface area contributed by atoms with Gasteiger partial charge in [-0.2, -0.15) is 8.42 Å². The molecule has 18 heavy (non-hydrogen) atoms. The van der Waals surface area contributed by atoms with Crippen LogP contribution in [0.5, 0.6) is 0 Å². The van der Waals surface area contributed by atoms with Gasteiger partial charge in [-0.25, -0.2) is 0 Å². The molecule has 0 N–H and O–H groups in total. The average molecular weight is 284 g/mol. The highest BCUT2D eigenvalue weighted by Gasteiger charge is 2.07. The maximum Gasteiger partial charge on any atom is 0.264 e. The van der Waals surface area contributed by atoms with Crippen molar-refractivity contribution in [2.45, 2.75) is 33.0 Å². The third-order valence-electron chi connectivity index (χ3n) is 1.94. The van der Waals surface area contributed by atoms with Gasteiger partial charge in [0.15, 0.2) is 6.29 Å². The molecule has 110 valence electrons. The molecule has 7 heteroatoms. The number of ether oxygens (including phenoxy) is 3. The fourth-order valence-electron chi connectivity index (χ4n) is 1.21. The molecule has 0 aromatic heterocycles. The van der Waals surface area contributed by atoms with Crippen molar-refractivity contribution in [3.63, 3.8) is 0 Å². The molecule has 0 fully saturated rings. The summed E-state index contributed by atoms with van der Waals surface area (Å²) in [5, 5.41) is 0. The molecule has 0 aliphatic heterocycles. The van der Waals surface area contributed by atoms with Crippen LogP contribution in [0.1, 0.15) is 26.7 Å². The first-order valence-corrected chi connectivity index (χ1v) is 7.96. The molecule has 0 saturated carbocycles. The van der Waals surface area contributed by atoms with Crippen LogP contribution in [-0.4, -0.2) is 54.0 Å². The van der Waals surface area contributed by atoms with E-state index in [0.29, 0.717) is 32.8 Å². The molecular weight excluding hydrogens is 260 g/mol. The molecule has 0 radical (unpaired) electrons. The zero-order chi connectivity index (χ0) is 13.9. The van der Waals surface area contributed by atoms with Crippen molar-refractivity contribution < 1.29 is 26.8 Å². The molecule has 0 amide bonds. The van der Waals surface area contributed by atoms with Crippen molar-refractivity contribution in [1.82, 2.24) is 0 Å². The van der Waals surface area contributed by atoms with Crippen LogP contribution < -0.4 is 0 Å². The van der Waals surface area contributed by atoms with E-state index in [9.17, 15) is 8.42 Å². The Balaban J connectivity index is 3.42. The Morgan fingerprint density at radius 3 is 2.06 bits per heavy atom. The quantitative estimate of drug-likeness (QED) is 0.304. The van der Waals surface area contributed by atoms with E-state index in [1.54, 1.807) is 0 Å². The largest absolute Gasteiger partial charge is 0.376 e. The SMILES string of the molecule is CCOC(COCCCCOS(C)(=O)=O)OCC. The summed E-state index contributed by atoms with van der Waals surface area (Å²) in [6.45, 7) is 6.07.